The summed E-state index contributed by atoms with van der Waals surface area (Å²) < 4.78 is 0. The largest absolute Gasteiger partial charge is 0.289 e. The Morgan fingerprint density at radius 2 is 0.882 bits per heavy atom. The topological polar surface area (TPSA) is 34.1 Å². The molecule has 0 heterocycles. The third-order valence-corrected chi connectivity index (χ3v) is 6.12. The molecule has 2 nitrogen and oxygen atoms in total. The van der Waals surface area contributed by atoms with Gasteiger partial charge in [0.25, 0.3) is 0 Å². The Bertz CT molecular complexity index is 1100. The van der Waals surface area contributed by atoms with Crippen LogP contribution in [-0.2, 0) is 0 Å². The summed E-state index contributed by atoms with van der Waals surface area (Å²) in [6.07, 6.45) is 0. The van der Waals surface area contributed by atoms with Crippen LogP contribution in [-0.4, -0.2) is 11.6 Å². The molecule has 0 spiro atoms. The summed E-state index contributed by atoms with van der Waals surface area (Å²) in [5.74, 6) is 0.110. The average molecular weight is 534 g/mol. The van der Waals surface area contributed by atoms with Crippen molar-refractivity contribution >= 4 is 39.1 Å². The summed E-state index contributed by atoms with van der Waals surface area (Å²) in [7, 11) is 0. The number of hydrogen-bond acceptors (Lipinski definition) is 2. The lowest BCUT2D eigenvalue weighted by Crippen LogP contribution is -2.00. The van der Waals surface area contributed by atoms with E-state index in [9.17, 15) is 9.59 Å². The number of alkyl halides is 2. The Morgan fingerprint density at radius 3 is 1.21 bits per heavy atom. The second kappa shape index (κ2) is 12.5. The van der Waals surface area contributed by atoms with Gasteiger partial charge in [-0.25, -0.2) is 0 Å². The van der Waals surface area contributed by atoms with Crippen LogP contribution in [0.4, 0.5) is 0 Å². The molecule has 0 amide bonds. The van der Waals surface area contributed by atoms with Crippen molar-refractivity contribution in [1.82, 2.24) is 0 Å². The highest BCUT2D eigenvalue weighted by atomic mass is 79.9. The smallest absolute Gasteiger partial charge is 0.193 e. The van der Waals surface area contributed by atoms with Crippen LogP contribution in [0.3, 0.4) is 0 Å². The van der Waals surface area contributed by atoms with Gasteiger partial charge in [-0.1, -0.05) is 125 Å². The van der Waals surface area contributed by atoms with Crippen molar-refractivity contribution < 1.29 is 9.59 Å². The van der Waals surface area contributed by atoms with E-state index in [-0.39, 0.29) is 16.9 Å². The van der Waals surface area contributed by atoms with E-state index in [1.165, 1.54) is 5.56 Å². The Balaban J connectivity index is 0.000000191. The summed E-state index contributed by atoms with van der Waals surface area (Å²) in [4.78, 5) is 24.5. The van der Waals surface area contributed by atoms with Gasteiger partial charge in [0.15, 0.2) is 11.6 Å². The van der Waals surface area contributed by atoms with Crippen LogP contribution in [0.5, 0.6) is 0 Å². The fourth-order valence-electron chi connectivity index (χ4n) is 3.31. The van der Waals surface area contributed by atoms with Crippen LogP contribution in [0.25, 0.3) is 0 Å². The van der Waals surface area contributed by atoms with E-state index < -0.39 is 0 Å². The van der Waals surface area contributed by atoms with E-state index in [1.807, 2.05) is 116 Å². The first kappa shape index (κ1) is 25.6. The number of rotatable bonds is 6. The molecular formula is C30H26BrClO2. The lowest BCUT2D eigenvalue weighted by Gasteiger charge is -2.05. The second-order valence-corrected chi connectivity index (χ2v) is 9.89. The van der Waals surface area contributed by atoms with Crippen molar-refractivity contribution in [2.75, 3.05) is 0 Å². The predicted octanol–water partition coefficient (Wildman–Crippen LogP) is 8.59. The van der Waals surface area contributed by atoms with E-state index in [0.717, 1.165) is 16.7 Å². The van der Waals surface area contributed by atoms with Gasteiger partial charge in [0.05, 0.1) is 5.38 Å². The lowest BCUT2D eigenvalue weighted by molar-refractivity contribution is 0.103. The zero-order valence-electron chi connectivity index (χ0n) is 19.1. The number of carbonyl (C=O) groups is 2. The van der Waals surface area contributed by atoms with Gasteiger partial charge in [0.2, 0.25) is 0 Å². The summed E-state index contributed by atoms with van der Waals surface area (Å²) in [5.41, 5.74) is 5.06. The number of halogens is 2. The molecule has 0 aliphatic rings. The third kappa shape index (κ3) is 6.99. The highest BCUT2D eigenvalue weighted by Gasteiger charge is 2.10. The molecule has 4 aromatic carbocycles. The highest BCUT2D eigenvalue weighted by Crippen LogP contribution is 2.22. The molecule has 172 valence electrons. The number of benzene rings is 4. The maximum Gasteiger partial charge on any atom is 0.193 e. The van der Waals surface area contributed by atoms with Gasteiger partial charge < -0.3 is 0 Å². The molecule has 4 aromatic rings. The van der Waals surface area contributed by atoms with Crippen molar-refractivity contribution in [3.05, 3.63) is 143 Å². The summed E-state index contributed by atoms with van der Waals surface area (Å²) in [6.45, 7) is 3.98. The van der Waals surface area contributed by atoms with Crippen molar-refractivity contribution in [1.29, 1.82) is 0 Å². The van der Waals surface area contributed by atoms with Gasteiger partial charge in [0, 0.05) is 27.1 Å². The van der Waals surface area contributed by atoms with Gasteiger partial charge in [-0.3, -0.25) is 9.59 Å². The average Bonchev–Trinajstić information content (AvgIpc) is 2.89. The molecule has 0 N–H and O–H groups in total. The maximum absolute atomic E-state index is 12.1. The third-order valence-electron chi connectivity index (χ3n) is 5.34. The Hall–Kier alpha value is -3.01. The maximum atomic E-state index is 12.1. The minimum atomic E-state index is -0.0316. The Labute approximate surface area is 214 Å². The molecule has 0 bridgehead atoms. The molecule has 0 aliphatic carbocycles. The van der Waals surface area contributed by atoms with Crippen molar-refractivity contribution in [3.8, 4) is 0 Å². The first-order valence-electron chi connectivity index (χ1n) is 11.0. The normalized spacial score (nSPS) is 12.1. The monoisotopic (exact) mass is 532 g/mol. The van der Waals surface area contributed by atoms with Crippen LogP contribution in [0.1, 0.15) is 67.0 Å². The van der Waals surface area contributed by atoms with Crippen molar-refractivity contribution in [3.63, 3.8) is 0 Å². The zero-order chi connectivity index (χ0) is 24.5. The summed E-state index contributed by atoms with van der Waals surface area (Å²) >= 11 is 9.47. The molecule has 0 radical (unpaired) electrons. The summed E-state index contributed by atoms with van der Waals surface area (Å²) in [6, 6.07) is 33.8. The molecule has 4 heteroatoms. The number of carbonyl (C=O) groups excluding carboxylic acids is 2. The van der Waals surface area contributed by atoms with Crippen LogP contribution >= 0.6 is 27.5 Å². The SMILES string of the molecule is CC(Br)c1ccc(C(=O)c2ccccc2)cc1.CC(Cl)c1ccc(C(=O)c2ccccc2)cc1. The first-order valence-corrected chi connectivity index (χ1v) is 12.4. The van der Waals surface area contributed by atoms with Gasteiger partial charge >= 0.3 is 0 Å². The zero-order valence-corrected chi connectivity index (χ0v) is 21.5. The summed E-state index contributed by atoms with van der Waals surface area (Å²) in [5, 5.41) is -0.0316. The molecule has 0 saturated carbocycles. The molecule has 2 atom stereocenters. The van der Waals surface area contributed by atoms with Gasteiger partial charge in [-0.15, -0.1) is 11.6 Å². The standard InChI is InChI=1S/C15H13BrO.C15H13ClO/c2*1-11(16)12-7-9-14(10-8-12)15(17)13-5-3-2-4-6-13/h2*2-11H,1H3. The molecule has 0 aromatic heterocycles. The van der Waals surface area contributed by atoms with Crippen LogP contribution in [0.2, 0.25) is 0 Å². The van der Waals surface area contributed by atoms with Gasteiger partial charge in [-0.05, 0) is 25.0 Å². The van der Waals surface area contributed by atoms with Crippen LogP contribution in [0, 0.1) is 0 Å². The fraction of sp³-hybridized carbons (Fsp3) is 0.133. The van der Waals surface area contributed by atoms with E-state index in [1.54, 1.807) is 0 Å². The molecule has 2 unspecified atom stereocenters. The van der Waals surface area contributed by atoms with Crippen LogP contribution < -0.4 is 0 Å². The van der Waals surface area contributed by atoms with E-state index in [4.69, 9.17) is 11.6 Å². The number of hydrogen-bond donors (Lipinski definition) is 0. The Morgan fingerprint density at radius 1 is 0.559 bits per heavy atom. The van der Waals surface area contributed by atoms with Crippen molar-refractivity contribution in [2.45, 2.75) is 24.1 Å². The first-order chi connectivity index (χ1) is 16.4. The van der Waals surface area contributed by atoms with E-state index in [2.05, 4.69) is 22.9 Å². The molecule has 0 fully saturated rings. The second-order valence-electron chi connectivity index (χ2n) is 7.87. The minimum absolute atomic E-state index is 0.0316. The lowest BCUT2D eigenvalue weighted by atomic mass is 10.0. The Kier molecular flexibility index (Phi) is 9.38. The molecule has 0 aliphatic heterocycles. The molecule has 4 rings (SSSR count). The minimum Gasteiger partial charge on any atom is -0.289 e. The quantitative estimate of drug-likeness (QED) is 0.184. The van der Waals surface area contributed by atoms with E-state index in [0.29, 0.717) is 16.0 Å². The van der Waals surface area contributed by atoms with Gasteiger partial charge in [-0.2, -0.15) is 0 Å². The fourth-order valence-corrected chi connectivity index (χ4v) is 3.76. The van der Waals surface area contributed by atoms with Gasteiger partial charge in [0.1, 0.15) is 0 Å². The number of ketones is 2. The van der Waals surface area contributed by atoms with E-state index >= 15 is 0 Å². The molecular weight excluding hydrogens is 508 g/mol. The molecule has 0 saturated heterocycles. The van der Waals surface area contributed by atoms with Crippen LogP contribution in [0.15, 0.2) is 109 Å². The highest BCUT2D eigenvalue weighted by molar-refractivity contribution is 9.09. The van der Waals surface area contributed by atoms with Crippen molar-refractivity contribution in [2.24, 2.45) is 0 Å². The predicted molar refractivity (Wildman–Crippen MR) is 144 cm³/mol. The molecule has 34 heavy (non-hydrogen) atoms.